The van der Waals surface area contributed by atoms with Gasteiger partial charge in [0.05, 0.1) is 6.10 Å². The number of hydrogen-bond acceptors (Lipinski definition) is 4. The molecule has 1 aromatic carbocycles. The van der Waals surface area contributed by atoms with Crippen LogP contribution in [0.3, 0.4) is 0 Å². The number of likely N-dealkylation sites (N-methyl/N-ethyl adjacent to an activating group) is 1. The van der Waals surface area contributed by atoms with E-state index in [9.17, 15) is 5.11 Å². The molecule has 2 unspecified atom stereocenters. The topological polar surface area (TPSA) is 56.3 Å². The lowest BCUT2D eigenvalue weighted by molar-refractivity contribution is 0.146. The van der Waals surface area contributed by atoms with Gasteiger partial charge in [-0.1, -0.05) is 0 Å². The summed E-state index contributed by atoms with van der Waals surface area (Å²) in [6.45, 7) is 0. The number of anilines is 2. The molecular weight excluding hydrogens is 202 g/mol. The van der Waals surface area contributed by atoms with Gasteiger partial charge < -0.3 is 21.1 Å². The first-order valence-corrected chi connectivity index (χ1v) is 5.59. The molecule has 0 radical (unpaired) electrons. The monoisotopic (exact) mass is 221 g/mol. The first-order chi connectivity index (χ1) is 7.72. The first-order valence-electron chi connectivity index (χ1n) is 5.59. The van der Waals surface area contributed by atoms with Crippen LogP contribution in [-0.4, -0.2) is 32.3 Å². The van der Waals surface area contributed by atoms with E-state index < -0.39 is 6.10 Å². The van der Waals surface area contributed by atoms with E-state index in [1.54, 1.807) is 0 Å². The van der Waals surface area contributed by atoms with Crippen molar-refractivity contribution in [2.75, 3.05) is 31.8 Å². The minimum absolute atomic E-state index is 0.108. The highest BCUT2D eigenvalue weighted by Crippen LogP contribution is 2.40. The molecule has 1 aromatic rings. The van der Waals surface area contributed by atoms with Gasteiger partial charge in [-0.25, -0.2) is 0 Å². The Morgan fingerprint density at radius 3 is 2.31 bits per heavy atom. The molecule has 16 heavy (non-hydrogen) atoms. The fourth-order valence-electron chi connectivity index (χ4n) is 2.47. The maximum Gasteiger partial charge on any atom is 0.0969 e. The van der Waals surface area contributed by atoms with Gasteiger partial charge in [-0.3, -0.25) is 0 Å². The molecule has 4 N–H and O–H groups in total. The second kappa shape index (κ2) is 4.31. The number of rotatable bonds is 3. The van der Waals surface area contributed by atoms with E-state index in [-0.39, 0.29) is 6.04 Å². The van der Waals surface area contributed by atoms with Crippen LogP contribution in [0.5, 0.6) is 0 Å². The Balaban J connectivity index is 2.51. The fraction of sp³-hybridized carbons (Fsp3) is 0.500. The Morgan fingerprint density at radius 2 is 1.75 bits per heavy atom. The summed E-state index contributed by atoms with van der Waals surface area (Å²) in [5, 5.41) is 19.7. The van der Waals surface area contributed by atoms with Crippen LogP contribution in [0.2, 0.25) is 0 Å². The van der Waals surface area contributed by atoms with Crippen molar-refractivity contribution in [3.63, 3.8) is 0 Å². The molecule has 0 saturated heterocycles. The molecule has 0 aromatic heterocycles. The normalized spacial score (nSPS) is 23.0. The van der Waals surface area contributed by atoms with Gasteiger partial charge in [0.1, 0.15) is 0 Å². The van der Waals surface area contributed by atoms with Gasteiger partial charge in [-0.05, 0) is 31.2 Å². The van der Waals surface area contributed by atoms with Crippen molar-refractivity contribution in [3.05, 3.63) is 23.3 Å². The predicted molar refractivity (Wildman–Crippen MR) is 67.0 cm³/mol. The summed E-state index contributed by atoms with van der Waals surface area (Å²) in [7, 11) is 5.68. The first kappa shape index (κ1) is 11.2. The number of aliphatic hydroxyl groups is 1. The lowest BCUT2D eigenvalue weighted by Crippen LogP contribution is -2.29. The molecule has 0 aliphatic heterocycles. The fourth-order valence-corrected chi connectivity index (χ4v) is 2.47. The predicted octanol–water partition coefficient (Wildman–Crippen LogP) is 0.947. The lowest BCUT2D eigenvalue weighted by Gasteiger charge is -2.16. The Hall–Kier alpha value is -1.26. The molecule has 2 rings (SSSR count). The molecular formula is C12H19N3O. The van der Waals surface area contributed by atoms with Gasteiger partial charge >= 0.3 is 0 Å². The summed E-state index contributed by atoms with van der Waals surface area (Å²) in [5.74, 6) is 0. The third-order valence-electron chi connectivity index (χ3n) is 3.37. The number of fused-ring (bicyclic) bond motifs is 1. The van der Waals surface area contributed by atoms with Crippen molar-refractivity contribution in [1.82, 2.24) is 5.32 Å². The van der Waals surface area contributed by atoms with Crippen LogP contribution in [0.25, 0.3) is 0 Å². The van der Waals surface area contributed by atoms with Gasteiger partial charge in [0.15, 0.2) is 0 Å². The third kappa shape index (κ3) is 1.54. The van der Waals surface area contributed by atoms with Crippen LogP contribution in [-0.2, 0) is 6.42 Å². The average molecular weight is 221 g/mol. The summed E-state index contributed by atoms with van der Waals surface area (Å²) >= 11 is 0. The van der Waals surface area contributed by atoms with E-state index in [2.05, 4.69) is 22.0 Å². The van der Waals surface area contributed by atoms with Gasteiger partial charge in [-0.15, -0.1) is 0 Å². The highest BCUT2D eigenvalue weighted by Gasteiger charge is 2.33. The Kier molecular flexibility index (Phi) is 3.03. The smallest absolute Gasteiger partial charge is 0.0969 e. The van der Waals surface area contributed by atoms with Crippen LogP contribution in [0.4, 0.5) is 11.4 Å². The molecule has 0 fully saturated rings. The van der Waals surface area contributed by atoms with Crippen molar-refractivity contribution >= 4 is 11.4 Å². The van der Waals surface area contributed by atoms with Crippen molar-refractivity contribution in [3.8, 4) is 0 Å². The molecule has 1 aliphatic rings. The molecule has 0 bridgehead atoms. The molecule has 0 saturated carbocycles. The zero-order valence-electron chi connectivity index (χ0n) is 9.96. The van der Waals surface area contributed by atoms with Crippen molar-refractivity contribution < 1.29 is 5.11 Å². The van der Waals surface area contributed by atoms with Gasteiger partial charge in [0.25, 0.3) is 0 Å². The molecule has 4 heteroatoms. The zero-order valence-corrected chi connectivity index (χ0v) is 9.96. The number of hydrogen-bond donors (Lipinski definition) is 4. The molecule has 4 nitrogen and oxygen atoms in total. The van der Waals surface area contributed by atoms with Crippen LogP contribution in [0, 0.1) is 0 Å². The summed E-state index contributed by atoms with van der Waals surface area (Å²) in [5.41, 5.74) is 4.35. The largest absolute Gasteiger partial charge is 0.388 e. The third-order valence-corrected chi connectivity index (χ3v) is 3.37. The molecule has 2 atom stereocenters. The SMILES string of the molecule is CNc1ccc(NC)c2c1CC(NC)C2O. The van der Waals surface area contributed by atoms with Gasteiger partial charge in [0, 0.05) is 37.1 Å². The minimum atomic E-state index is -0.434. The second-order valence-corrected chi connectivity index (χ2v) is 4.10. The Labute approximate surface area is 96.1 Å². The Bertz CT molecular complexity index is 392. The zero-order chi connectivity index (χ0) is 11.7. The van der Waals surface area contributed by atoms with E-state index >= 15 is 0 Å². The number of benzene rings is 1. The van der Waals surface area contributed by atoms with E-state index in [4.69, 9.17) is 0 Å². The van der Waals surface area contributed by atoms with Crippen molar-refractivity contribution in [2.24, 2.45) is 0 Å². The second-order valence-electron chi connectivity index (χ2n) is 4.10. The molecule has 0 heterocycles. The Morgan fingerprint density at radius 1 is 1.12 bits per heavy atom. The van der Waals surface area contributed by atoms with Gasteiger partial charge in [-0.2, -0.15) is 0 Å². The molecule has 88 valence electrons. The maximum atomic E-state index is 10.2. The molecule has 0 amide bonds. The number of nitrogens with one attached hydrogen (secondary N) is 3. The molecule has 0 spiro atoms. The van der Waals surface area contributed by atoms with E-state index in [0.717, 1.165) is 23.4 Å². The lowest BCUT2D eigenvalue weighted by atomic mass is 10.0. The van der Waals surface area contributed by atoms with E-state index in [1.165, 1.54) is 5.56 Å². The number of aliphatic hydroxyl groups excluding tert-OH is 1. The van der Waals surface area contributed by atoms with Crippen LogP contribution < -0.4 is 16.0 Å². The van der Waals surface area contributed by atoms with Crippen LogP contribution >= 0.6 is 0 Å². The highest BCUT2D eigenvalue weighted by molar-refractivity contribution is 5.68. The van der Waals surface area contributed by atoms with Crippen molar-refractivity contribution in [2.45, 2.75) is 18.6 Å². The van der Waals surface area contributed by atoms with Gasteiger partial charge in [0.2, 0.25) is 0 Å². The summed E-state index contributed by atoms with van der Waals surface area (Å²) < 4.78 is 0. The van der Waals surface area contributed by atoms with E-state index in [0.29, 0.717) is 0 Å². The van der Waals surface area contributed by atoms with Crippen molar-refractivity contribution in [1.29, 1.82) is 0 Å². The maximum absolute atomic E-state index is 10.2. The average Bonchev–Trinajstić information content (AvgIpc) is 2.66. The van der Waals surface area contributed by atoms with Crippen LogP contribution in [0.1, 0.15) is 17.2 Å². The summed E-state index contributed by atoms with van der Waals surface area (Å²) in [4.78, 5) is 0. The summed E-state index contributed by atoms with van der Waals surface area (Å²) in [6, 6.07) is 4.16. The quantitative estimate of drug-likeness (QED) is 0.614. The molecule has 1 aliphatic carbocycles. The minimum Gasteiger partial charge on any atom is -0.388 e. The standard InChI is InChI=1S/C12H19N3O/c1-13-8-4-5-9(14-2)11-7(8)6-10(15-3)12(11)16/h4-5,10,12-16H,6H2,1-3H3. The summed E-state index contributed by atoms with van der Waals surface area (Å²) in [6.07, 6.45) is 0.425. The highest BCUT2D eigenvalue weighted by atomic mass is 16.3. The van der Waals surface area contributed by atoms with E-state index in [1.807, 2.05) is 27.2 Å². The van der Waals surface area contributed by atoms with Crippen LogP contribution in [0.15, 0.2) is 12.1 Å².